The zero-order chi connectivity index (χ0) is 13.1. The molecule has 0 amide bonds. The Bertz CT molecular complexity index is 654. The molecule has 7 heteroatoms. The maximum absolute atomic E-state index is 11.1. The van der Waals surface area contributed by atoms with Gasteiger partial charge >= 0.3 is 5.97 Å². The van der Waals surface area contributed by atoms with Gasteiger partial charge in [0.15, 0.2) is 5.16 Å². The Kier molecular flexibility index (Phi) is 3.42. The third-order valence-electron chi connectivity index (χ3n) is 2.14. The van der Waals surface area contributed by atoms with E-state index in [2.05, 4.69) is 15.0 Å². The SMILES string of the molecule is Cc1nc(Sc2nccc(=O)[nH]2)ccc1C(=O)O. The van der Waals surface area contributed by atoms with Crippen molar-refractivity contribution in [3.63, 3.8) is 0 Å². The second-order valence-corrected chi connectivity index (χ2v) is 4.44. The fourth-order valence-electron chi connectivity index (χ4n) is 1.32. The van der Waals surface area contributed by atoms with Gasteiger partial charge in [-0.25, -0.2) is 14.8 Å². The summed E-state index contributed by atoms with van der Waals surface area (Å²) in [5.41, 5.74) is 0.339. The minimum absolute atomic E-state index is 0.161. The fraction of sp³-hybridized carbons (Fsp3) is 0.0909. The zero-order valence-electron chi connectivity index (χ0n) is 9.38. The van der Waals surface area contributed by atoms with Crippen molar-refractivity contribution in [2.24, 2.45) is 0 Å². The number of carbonyl (C=O) groups is 1. The van der Waals surface area contributed by atoms with Crippen LogP contribution < -0.4 is 5.56 Å². The van der Waals surface area contributed by atoms with Crippen molar-refractivity contribution in [1.29, 1.82) is 0 Å². The molecule has 2 heterocycles. The van der Waals surface area contributed by atoms with Crippen LogP contribution in [0.15, 0.2) is 39.4 Å². The molecule has 6 nitrogen and oxygen atoms in total. The third-order valence-corrected chi connectivity index (χ3v) is 2.98. The number of aromatic nitrogens is 3. The molecule has 0 fully saturated rings. The lowest BCUT2D eigenvalue weighted by molar-refractivity contribution is 0.0695. The van der Waals surface area contributed by atoms with Crippen molar-refractivity contribution in [2.45, 2.75) is 17.1 Å². The predicted molar refractivity (Wildman–Crippen MR) is 64.9 cm³/mol. The summed E-state index contributed by atoms with van der Waals surface area (Å²) in [6, 6.07) is 4.37. The second-order valence-electron chi connectivity index (χ2n) is 3.43. The van der Waals surface area contributed by atoms with E-state index in [4.69, 9.17) is 5.11 Å². The summed E-state index contributed by atoms with van der Waals surface area (Å²) < 4.78 is 0. The van der Waals surface area contributed by atoms with Crippen LogP contribution >= 0.6 is 11.8 Å². The van der Waals surface area contributed by atoms with Gasteiger partial charge in [-0.1, -0.05) is 0 Å². The van der Waals surface area contributed by atoms with Crippen LogP contribution in [0.3, 0.4) is 0 Å². The third kappa shape index (κ3) is 2.75. The number of aromatic amines is 1. The van der Waals surface area contributed by atoms with Gasteiger partial charge < -0.3 is 10.1 Å². The number of aryl methyl sites for hydroxylation is 1. The quantitative estimate of drug-likeness (QED) is 0.811. The Hall–Kier alpha value is -2.15. The number of nitrogens with one attached hydrogen (secondary N) is 1. The van der Waals surface area contributed by atoms with Gasteiger partial charge in [0, 0.05) is 12.3 Å². The number of hydrogen-bond donors (Lipinski definition) is 2. The van der Waals surface area contributed by atoms with Crippen LogP contribution in [-0.4, -0.2) is 26.0 Å². The van der Waals surface area contributed by atoms with Crippen molar-refractivity contribution in [1.82, 2.24) is 15.0 Å². The molecule has 2 rings (SSSR count). The molecule has 2 aromatic heterocycles. The van der Waals surface area contributed by atoms with Crippen LogP contribution in [0.2, 0.25) is 0 Å². The first-order valence-electron chi connectivity index (χ1n) is 5.00. The van der Waals surface area contributed by atoms with E-state index in [-0.39, 0.29) is 11.1 Å². The highest BCUT2D eigenvalue weighted by Crippen LogP contribution is 2.22. The molecule has 0 aliphatic carbocycles. The number of aromatic carboxylic acids is 1. The van der Waals surface area contributed by atoms with Crippen LogP contribution in [0.1, 0.15) is 16.1 Å². The Labute approximate surface area is 106 Å². The average Bonchev–Trinajstić information content (AvgIpc) is 2.28. The standard InChI is InChI=1S/C11H9N3O3S/c1-6-7(10(16)17)2-3-9(13-6)18-11-12-5-4-8(15)14-11/h2-5H,1H3,(H,16,17)(H,12,14,15). The molecule has 0 saturated carbocycles. The maximum Gasteiger partial charge on any atom is 0.337 e. The number of carboxylic acids is 1. The number of H-pyrrole nitrogens is 1. The molecule has 0 saturated heterocycles. The summed E-state index contributed by atoms with van der Waals surface area (Å²) in [5.74, 6) is -1.01. The van der Waals surface area contributed by atoms with Crippen molar-refractivity contribution in [3.8, 4) is 0 Å². The summed E-state index contributed by atoms with van der Waals surface area (Å²) >= 11 is 1.17. The largest absolute Gasteiger partial charge is 0.478 e. The molecule has 0 bridgehead atoms. The van der Waals surface area contributed by atoms with Crippen molar-refractivity contribution in [2.75, 3.05) is 0 Å². The van der Waals surface area contributed by atoms with Crippen LogP contribution in [0, 0.1) is 6.92 Å². The van der Waals surface area contributed by atoms with Crippen molar-refractivity contribution in [3.05, 3.63) is 46.0 Å². The van der Waals surface area contributed by atoms with Gasteiger partial charge in [0.05, 0.1) is 11.3 Å². The Morgan fingerprint density at radius 3 is 2.78 bits per heavy atom. The molecule has 2 N–H and O–H groups in total. The van der Waals surface area contributed by atoms with E-state index in [0.717, 1.165) is 0 Å². The normalized spacial score (nSPS) is 10.3. The first-order chi connectivity index (χ1) is 8.56. The Balaban J connectivity index is 2.28. The van der Waals surface area contributed by atoms with Gasteiger partial charge in [0.1, 0.15) is 5.03 Å². The minimum atomic E-state index is -1.01. The molecule has 0 spiro atoms. The minimum Gasteiger partial charge on any atom is -0.478 e. The smallest absolute Gasteiger partial charge is 0.337 e. The molecule has 0 atom stereocenters. The van der Waals surface area contributed by atoms with Crippen LogP contribution in [0.25, 0.3) is 0 Å². The fourth-order valence-corrected chi connectivity index (χ4v) is 2.11. The van der Waals surface area contributed by atoms with Crippen molar-refractivity contribution >= 4 is 17.7 Å². The molecule has 0 unspecified atom stereocenters. The number of rotatable bonds is 3. The lowest BCUT2D eigenvalue weighted by Gasteiger charge is -2.03. The lowest BCUT2D eigenvalue weighted by atomic mass is 10.2. The molecule has 18 heavy (non-hydrogen) atoms. The number of carboxylic acid groups (broad SMARTS) is 1. The zero-order valence-corrected chi connectivity index (χ0v) is 10.2. The van der Waals surface area contributed by atoms with Crippen LogP contribution in [0.5, 0.6) is 0 Å². The number of hydrogen-bond acceptors (Lipinski definition) is 5. The molecular weight excluding hydrogens is 254 g/mol. The van der Waals surface area contributed by atoms with Gasteiger partial charge in [0.25, 0.3) is 5.56 Å². The molecule has 0 aliphatic heterocycles. The molecule has 0 aromatic carbocycles. The van der Waals surface area contributed by atoms with E-state index in [0.29, 0.717) is 15.9 Å². The van der Waals surface area contributed by atoms with Gasteiger partial charge in [-0.3, -0.25) is 4.79 Å². The van der Waals surface area contributed by atoms with E-state index >= 15 is 0 Å². The van der Waals surface area contributed by atoms with E-state index in [1.165, 1.54) is 30.1 Å². The number of nitrogens with zero attached hydrogens (tertiary/aromatic N) is 2. The lowest BCUT2D eigenvalue weighted by Crippen LogP contribution is -2.05. The van der Waals surface area contributed by atoms with Gasteiger partial charge in [-0.15, -0.1) is 0 Å². The van der Waals surface area contributed by atoms with E-state index in [1.54, 1.807) is 13.0 Å². The molecule has 2 aromatic rings. The average molecular weight is 263 g/mol. The first-order valence-corrected chi connectivity index (χ1v) is 5.82. The van der Waals surface area contributed by atoms with E-state index in [9.17, 15) is 9.59 Å². The number of pyridine rings is 1. The summed E-state index contributed by atoms with van der Waals surface area (Å²) in [6.07, 6.45) is 1.40. The molecule has 0 radical (unpaired) electrons. The second kappa shape index (κ2) is 5.01. The Morgan fingerprint density at radius 2 is 2.17 bits per heavy atom. The summed E-state index contributed by atoms with van der Waals surface area (Å²) in [7, 11) is 0. The highest BCUT2D eigenvalue weighted by atomic mass is 32.2. The monoisotopic (exact) mass is 263 g/mol. The molecule has 92 valence electrons. The summed E-state index contributed by atoms with van der Waals surface area (Å²) in [4.78, 5) is 32.6. The molecule has 0 aliphatic rings. The van der Waals surface area contributed by atoms with E-state index < -0.39 is 5.97 Å². The van der Waals surface area contributed by atoms with Crippen LogP contribution in [0.4, 0.5) is 0 Å². The Morgan fingerprint density at radius 1 is 1.39 bits per heavy atom. The summed E-state index contributed by atoms with van der Waals surface area (Å²) in [6.45, 7) is 1.62. The highest BCUT2D eigenvalue weighted by Gasteiger charge is 2.09. The van der Waals surface area contributed by atoms with Gasteiger partial charge in [-0.2, -0.15) is 0 Å². The highest BCUT2D eigenvalue weighted by molar-refractivity contribution is 7.99. The van der Waals surface area contributed by atoms with Gasteiger partial charge in [0.2, 0.25) is 0 Å². The summed E-state index contributed by atoms with van der Waals surface area (Å²) in [5, 5.41) is 9.87. The molecular formula is C11H9N3O3S. The predicted octanol–water partition coefficient (Wildman–Crippen LogP) is 1.32. The van der Waals surface area contributed by atoms with Crippen molar-refractivity contribution < 1.29 is 9.90 Å². The van der Waals surface area contributed by atoms with Crippen LogP contribution in [-0.2, 0) is 0 Å². The maximum atomic E-state index is 11.1. The van der Waals surface area contributed by atoms with Gasteiger partial charge in [-0.05, 0) is 30.8 Å². The van der Waals surface area contributed by atoms with E-state index in [1.807, 2.05) is 0 Å². The topological polar surface area (TPSA) is 95.9 Å². The first kappa shape index (κ1) is 12.3.